The number of amides is 1. The predicted octanol–water partition coefficient (Wildman–Crippen LogP) is 5.93. The van der Waals surface area contributed by atoms with Gasteiger partial charge in [0.15, 0.2) is 12.3 Å². The molecule has 0 saturated carbocycles. The highest BCUT2D eigenvalue weighted by Gasteiger charge is 2.55. The van der Waals surface area contributed by atoms with Gasteiger partial charge < -0.3 is 24.3 Å². The summed E-state index contributed by atoms with van der Waals surface area (Å²) in [7, 11) is -2.64. The Kier molecular flexibility index (Phi) is 15.4. The van der Waals surface area contributed by atoms with Gasteiger partial charge in [0.25, 0.3) is 5.56 Å². The van der Waals surface area contributed by atoms with Crippen LogP contribution in [0.5, 0.6) is 0 Å². The summed E-state index contributed by atoms with van der Waals surface area (Å²) in [6.07, 6.45) is 0.689. The maximum absolute atomic E-state index is 13.7. The van der Waals surface area contributed by atoms with Gasteiger partial charge in [-0.3, -0.25) is 23.9 Å². The van der Waals surface area contributed by atoms with Gasteiger partial charge in [0.2, 0.25) is 14.2 Å². The van der Waals surface area contributed by atoms with E-state index >= 15 is 0 Å². The number of aliphatic hydroxyl groups excluding tert-OH is 1. The van der Waals surface area contributed by atoms with Crippen molar-refractivity contribution in [1.29, 1.82) is 0 Å². The number of hydrogen-bond acceptors (Lipinski definition) is 9. The summed E-state index contributed by atoms with van der Waals surface area (Å²) in [4.78, 5) is 54.6. The summed E-state index contributed by atoms with van der Waals surface area (Å²) >= 11 is 1.63. The SMILES string of the molecule is CCCCNC(=O)CCC(C)(CCC(=O)O[C@@H]1C(O[Si](C(C)C)(C(C)C)C(C)C)[C@H](n2ccc(=O)[nH]c2=O)O[C@@H]1CO)Sc1ccccc1. The zero-order chi connectivity index (χ0) is 36.4. The highest BCUT2D eigenvalue weighted by Crippen LogP contribution is 2.47. The van der Waals surface area contributed by atoms with Crippen LogP contribution < -0.4 is 16.6 Å². The van der Waals surface area contributed by atoms with Crippen molar-refractivity contribution in [3.63, 3.8) is 0 Å². The number of thioether (sulfide) groups is 1. The van der Waals surface area contributed by atoms with Crippen molar-refractivity contribution in [3.05, 3.63) is 63.4 Å². The molecule has 13 heteroatoms. The van der Waals surface area contributed by atoms with Gasteiger partial charge in [-0.1, -0.05) is 80.0 Å². The van der Waals surface area contributed by atoms with Crippen LogP contribution in [-0.2, 0) is 23.5 Å². The maximum Gasteiger partial charge on any atom is 0.330 e. The molecule has 1 fully saturated rings. The number of H-pyrrole nitrogens is 1. The molecule has 0 bridgehead atoms. The first-order valence-electron chi connectivity index (χ1n) is 17.6. The van der Waals surface area contributed by atoms with Gasteiger partial charge in [-0.2, -0.15) is 0 Å². The van der Waals surface area contributed by atoms with Crippen LogP contribution in [0.25, 0.3) is 0 Å². The lowest BCUT2D eigenvalue weighted by Gasteiger charge is -2.45. The minimum Gasteiger partial charge on any atom is -0.457 e. The van der Waals surface area contributed by atoms with Crippen LogP contribution in [0.3, 0.4) is 0 Å². The fraction of sp³-hybridized carbons (Fsp3) is 0.667. The molecule has 0 aliphatic carbocycles. The van der Waals surface area contributed by atoms with Crippen molar-refractivity contribution < 1.29 is 28.6 Å². The third kappa shape index (κ3) is 10.6. The van der Waals surface area contributed by atoms with Crippen LogP contribution in [0.2, 0.25) is 16.6 Å². The Hall–Kier alpha value is -2.71. The van der Waals surface area contributed by atoms with E-state index in [1.807, 2.05) is 30.3 Å². The molecule has 0 radical (unpaired) electrons. The van der Waals surface area contributed by atoms with Gasteiger partial charge in [-0.05, 0) is 48.0 Å². The number of aromatic nitrogens is 2. The first-order chi connectivity index (χ1) is 23.2. The Bertz CT molecular complexity index is 1440. The first kappa shape index (κ1) is 40.7. The summed E-state index contributed by atoms with van der Waals surface area (Å²) in [5.41, 5.74) is -0.740. The van der Waals surface area contributed by atoms with E-state index in [-0.39, 0.29) is 29.0 Å². The largest absolute Gasteiger partial charge is 0.457 e. The number of nitrogens with one attached hydrogen (secondary N) is 2. The molecule has 3 rings (SSSR count). The van der Waals surface area contributed by atoms with Crippen LogP contribution in [0.1, 0.15) is 100 Å². The Balaban J connectivity index is 1.90. The Morgan fingerprint density at radius 3 is 2.22 bits per heavy atom. The van der Waals surface area contributed by atoms with E-state index in [0.29, 0.717) is 25.8 Å². The van der Waals surface area contributed by atoms with Crippen molar-refractivity contribution in [1.82, 2.24) is 14.9 Å². The molecule has 1 aromatic heterocycles. The third-order valence-electron chi connectivity index (χ3n) is 9.60. The van der Waals surface area contributed by atoms with Crippen LogP contribution >= 0.6 is 11.8 Å². The molecule has 49 heavy (non-hydrogen) atoms. The zero-order valence-electron chi connectivity index (χ0n) is 30.4. The second-order valence-electron chi connectivity index (χ2n) is 14.2. The number of unbranched alkanes of at least 4 members (excludes halogenated alkanes) is 1. The van der Waals surface area contributed by atoms with E-state index < -0.39 is 61.4 Å². The molecular formula is C36H57N3O8SSi. The fourth-order valence-electron chi connectivity index (χ4n) is 7.07. The van der Waals surface area contributed by atoms with E-state index in [0.717, 1.165) is 17.7 Å². The third-order valence-corrected chi connectivity index (χ3v) is 17.1. The molecule has 11 nitrogen and oxygen atoms in total. The van der Waals surface area contributed by atoms with E-state index in [4.69, 9.17) is 13.9 Å². The van der Waals surface area contributed by atoms with Crippen molar-refractivity contribution >= 4 is 32.0 Å². The van der Waals surface area contributed by atoms with E-state index in [1.54, 1.807) is 11.8 Å². The van der Waals surface area contributed by atoms with Crippen LogP contribution in [0.4, 0.5) is 0 Å². The number of rotatable bonds is 19. The summed E-state index contributed by atoms with van der Waals surface area (Å²) in [6.45, 7) is 17.1. The molecule has 2 heterocycles. The van der Waals surface area contributed by atoms with Crippen molar-refractivity contribution in [3.8, 4) is 0 Å². The zero-order valence-corrected chi connectivity index (χ0v) is 32.2. The Morgan fingerprint density at radius 2 is 1.65 bits per heavy atom. The monoisotopic (exact) mass is 719 g/mol. The second kappa shape index (κ2) is 18.5. The molecule has 0 spiro atoms. The molecule has 5 atom stereocenters. The topological polar surface area (TPSA) is 149 Å². The minimum absolute atomic E-state index is 0.0126. The molecular weight excluding hydrogens is 663 g/mol. The molecule has 1 saturated heterocycles. The number of aliphatic hydroxyl groups is 1. The number of aromatic amines is 1. The van der Waals surface area contributed by atoms with E-state index in [1.165, 1.54) is 16.8 Å². The fourth-order valence-corrected chi connectivity index (χ4v) is 13.9. The first-order valence-corrected chi connectivity index (χ1v) is 20.6. The van der Waals surface area contributed by atoms with Crippen LogP contribution in [-0.4, -0.2) is 71.1 Å². The number of carbonyl (C=O) groups is 2. The molecule has 274 valence electrons. The van der Waals surface area contributed by atoms with Crippen molar-refractivity contribution in [2.75, 3.05) is 13.2 Å². The minimum atomic E-state index is -2.64. The number of benzene rings is 1. The van der Waals surface area contributed by atoms with Crippen LogP contribution in [0, 0.1) is 0 Å². The molecule has 1 aromatic carbocycles. The number of ether oxygens (including phenoxy) is 2. The highest BCUT2D eigenvalue weighted by atomic mass is 32.2. The second-order valence-corrected chi connectivity index (χ2v) is 21.3. The molecule has 1 amide bonds. The summed E-state index contributed by atoms with van der Waals surface area (Å²) in [6, 6.07) is 11.1. The molecule has 2 unspecified atom stereocenters. The molecule has 1 aliphatic heterocycles. The normalized spacial score (nSPS) is 20.9. The number of esters is 1. The lowest BCUT2D eigenvalue weighted by Crippen LogP contribution is -2.54. The predicted molar refractivity (Wildman–Crippen MR) is 195 cm³/mol. The van der Waals surface area contributed by atoms with Gasteiger partial charge in [0.1, 0.15) is 12.2 Å². The maximum atomic E-state index is 13.7. The van der Waals surface area contributed by atoms with E-state index in [2.05, 4.69) is 65.7 Å². The molecule has 3 N–H and O–H groups in total. The van der Waals surface area contributed by atoms with Crippen molar-refractivity contribution in [2.24, 2.45) is 0 Å². The van der Waals surface area contributed by atoms with Crippen LogP contribution in [0.15, 0.2) is 57.1 Å². The quantitative estimate of drug-likeness (QED) is 0.0696. The summed E-state index contributed by atoms with van der Waals surface area (Å²) in [5.74, 6) is -0.505. The van der Waals surface area contributed by atoms with E-state index in [9.17, 15) is 24.3 Å². The number of nitrogens with zero attached hydrogens (tertiary/aromatic N) is 1. The Morgan fingerprint density at radius 1 is 1.02 bits per heavy atom. The molecule has 2 aromatic rings. The average molecular weight is 720 g/mol. The molecule has 1 aliphatic rings. The van der Waals surface area contributed by atoms with Gasteiger partial charge >= 0.3 is 11.7 Å². The lowest BCUT2D eigenvalue weighted by molar-refractivity contribution is -0.156. The van der Waals surface area contributed by atoms with Gasteiger partial charge in [0.05, 0.1) is 6.61 Å². The Labute approximate surface area is 296 Å². The number of carbonyl (C=O) groups excluding carboxylic acids is 2. The average Bonchev–Trinajstić information content (AvgIpc) is 3.37. The summed E-state index contributed by atoms with van der Waals surface area (Å²) in [5, 5.41) is 13.4. The number of hydrogen-bond donors (Lipinski definition) is 3. The van der Waals surface area contributed by atoms with Crippen molar-refractivity contribution in [2.45, 2.75) is 145 Å². The smallest absolute Gasteiger partial charge is 0.330 e. The van der Waals surface area contributed by atoms with Gasteiger partial charge in [0, 0.05) is 41.3 Å². The highest BCUT2D eigenvalue weighted by molar-refractivity contribution is 8.00. The summed E-state index contributed by atoms with van der Waals surface area (Å²) < 4.78 is 20.3. The lowest BCUT2D eigenvalue weighted by atomic mass is 9.98. The van der Waals surface area contributed by atoms with Gasteiger partial charge in [-0.25, -0.2) is 4.79 Å². The standard InChI is InChI=1S/C36H57N3O8SSi/c1-9-10-21-37-29(41)16-19-36(8,48-27-14-12-11-13-15-27)20-17-31(43)46-32-28(23-40)45-34(39-22-18-30(42)38-35(39)44)33(32)47-49(24(2)3,25(4)5)26(6)7/h11-15,18,22,24-26,28,32-34,40H,9-10,16-17,19-21,23H2,1-8H3,(H,37,41)(H,38,42,44)/t28-,32+,33?,34-,36?/m1/s1. The van der Waals surface area contributed by atoms with Gasteiger partial charge in [-0.15, -0.1) is 11.8 Å².